The minimum Gasteiger partial charge on any atom is -0.512 e. The predicted octanol–water partition coefficient (Wildman–Crippen LogP) is 3.32. The fourth-order valence-electron chi connectivity index (χ4n) is 3.17. The third-order valence-corrected chi connectivity index (χ3v) is 4.10. The van der Waals surface area contributed by atoms with E-state index in [2.05, 4.69) is 0 Å². The molecular weight excluding hydrogens is 262 g/mol. The number of aliphatic hydroxyl groups excluding tert-OH is 1. The monoisotopic (exact) mass is 282 g/mol. The van der Waals surface area contributed by atoms with E-state index in [1.54, 1.807) is 0 Å². The second-order valence-electron chi connectivity index (χ2n) is 6.66. The SMILES string of the molecule is C[n+]1cc(C2=C(O)CC(C)(C)CC2=O)cc2ccccc21. The quantitative estimate of drug-likeness (QED) is 0.815. The average molecular weight is 282 g/mol. The zero-order chi connectivity index (χ0) is 15.2. The summed E-state index contributed by atoms with van der Waals surface area (Å²) in [4.78, 5) is 12.4. The largest absolute Gasteiger partial charge is 0.512 e. The Hall–Kier alpha value is -2.16. The van der Waals surface area contributed by atoms with Gasteiger partial charge < -0.3 is 5.11 Å². The average Bonchev–Trinajstić information content (AvgIpc) is 2.36. The number of hydrogen-bond donors (Lipinski definition) is 1. The van der Waals surface area contributed by atoms with Gasteiger partial charge >= 0.3 is 0 Å². The Morgan fingerprint density at radius 3 is 2.62 bits per heavy atom. The molecule has 1 N–H and O–H groups in total. The smallest absolute Gasteiger partial charge is 0.212 e. The summed E-state index contributed by atoms with van der Waals surface area (Å²) in [5.41, 5.74) is 2.22. The second-order valence-corrected chi connectivity index (χ2v) is 6.66. The highest BCUT2D eigenvalue weighted by atomic mass is 16.3. The summed E-state index contributed by atoms with van der Waals surface area (Å²) >= 11 is 0. The second kappa shape index (κ2) is 4.69. The van der Waals surface area contributed by atoms with E-state index in [4.69, 9.17) is 0 Å². The van der Waals surface area contributed by atoms with E-state index in [9.17, 15) is 9.90 Å². The van der Waals surface area contributed by atoms with Crippen LogP contribution >= 0.6 is 0 Å². The van der Waals surface area contributed by atoms with Crippen LogP contribution in [0.5, 0.6) is 0 Å². The molecule has 108 valence electrons. The van der Waals surface area contributed by atoms with Crippen LogP contribution in [0.1, 0.15) is 32.3 Å². The van der Waals surface area contributed by atoms with Crippen molar-refractivity contribution >= 4 is 22.3 Å². The number of benzene rings is 1. The number of fused-ring (bicyclic) bond motifs is 1. The number of rotatable bonds is 1. The van der Waals surface area contributed by atoms with Crippen LogP contribution in [0.4, 0.5) is 0 Å². The number of aliphatic hydroxyl groups is 1. The van der Waals surface area contributed by atoms with E-state index in [0.717, 1.165) is 16.5 Å². The van der Waals surface area contributed by atoms with Gasteiger partial charge in [0, 0.05) is 24.3 Å². The van der Waals surface area contributed by atoms with E-state index >= 15 is 0 Å². The molecule has 0 saturated carbocycles. The molecular formula is C18H20NO2+. The van der Waals surface area contributed by atoms with E-state index in [1.165, 1.54) is 0 Å². The summed E-state index contributed by atoms with van der Waals surface area (Å²) in [6.07, 6.45) is 2.94. The van der Waals surface area contributed by atoms with Crippen LogP contribution in [0.15, 0.2) is 42.3 Å². The van der Waals surface area contributed by atoms with Crippen molar-refractivity contribution in [1.29, 1.82) is 0 Å². The normalized spacial score (nSPS) is 18.3. The Morgan fingerprint density at radius 1 is 1.19 bits per heavy atom. The van der Waals surface area contributed by atoms with Gasteiger partial charge in [0.05, 0.1) is 11.1 Å². The van der Waals surface area contributed by atoms with Crippen molar-refractivity contribution < 1.29 is 14.5 Å². The summed E-state index contributed by atoms with van der Waals surface area (Å²) < 4.78 is 2.00. The molecule has 0 aliphatic heterocycles. The lowest BCUT2D eigenvalue weighted by atomic mass is 9.75. The summed E-state index contributed by atoms with van der Waals surface area (Å²) in [7, 11) is 1.96. The van der Waals surface area contributed by atoms with Gasteiger partial charge in [0.1, 0.15) is 12.8 Å². The number of carbonyl (C=O) groups excluding carboxylic acids is 1. The van der Waals surface area contributed by atoms with Crippen LogP contribution in [0, 0.1) is 5.41 Å². The van der Waals surface area contributed by atoms with Gasteiger partial charge in [0.15, 0.2) is 12.0 Å². The Morgan fingerprint density at radius 2 is 1.90 bits per heavy atom. The molecule has 3 nitrogen and oxygen atoms in total. The van der Waals surface area contributed by atoms with Crippen molar-refractivity contribution in [3.63, 3.8) is 0 Å². The molecule has 0 amide bonds. The van der Waals surface area contributed by atoms with Crippen molar-refractivity contribution in [3.05, 3.63) is 47.9 Å². The van der Waals surface area contributed by atoms with E-state index in [0.29, 0.717) is 18.4 Å². The fourth-order valence-corrected chi connectivity index (χ4v) is 3.17. The molecule has 0 radical (unpaired) electrons. The van der Waals surface area contributed by atoms with E-state index in [-0.39, 0.29) is 17.0 Å². The summed E-state index contributed by atoms with van der Waals surface area (Å²) in [5.74, 6) is 0.241. The zero-order valence-corrected chi connectivity index (χ0v) is 12.7. The van der Waals surface area contributed by atoms with Gasteiger partial charge in [-0.1, -0.05) is 26.0 Å². The number of hydrogen-bond acceptors (Lipinski definition) is 2. The number of aromatic nitrogens is 1. The molecule has 1 aromatic heterocycles. The van der Waals surface area contributed by atoms with Gasteiger partial charge in [0.2, 0.25) is 5.52 Å². The maximum absolute atomic E-state index is 12.4. The summed E-state index contributed by atoms with van der Waals surface area (Å²) in [6.45, 7) is 4.02. The Balaban J connectivity index is 2.18. The van der Waals surface area contributed by atoms with Crippen molar-refractivity contribution in [2.75, 3.05) is 0 Å². The number of pyridine rings is 1. The number of ketones is 1. The first-order chi connectivity index (χ1) is 9.87. The lowest BCUT2D eigenvalue weighted by molar-refractivity contribution is -0.645. The highest BCUT2D eigenvalue weighted by Gasteiger charge is 2.34. The molecule has 0 atom stereocenters. The molecule has 0 fully saturated rings. The van der Waals surface area contributed by atoms with Crippen LogP contribution in [-0.2, 0) is 11.8 Å². The standard InChI is InChI=1S/C18H19NO2/c1-18(2)9-15(20)17(16(21)10-18)13-8-12-6-4-5-7-14(12)19(3)11-13/h4-8,11H,9-10H2,1-3H3/p+1. The Bertz CT molecular complexity index is 772. The molecule has 1 aliphatic carbocycles. The van der Waals surface area contributed by atoms with Gasteiger partial charge in [-0.2, -0.15) is 0 Å². The lowest BCUT2D eigenvalue weighted by Crippen LogP contribution is -2.31. The molecule has 0 bridgehead atoms. The Labute approximate surface area is 124 Å². The van der Waals surface area contributed by atoms with Gasteiger partial charge in [0.25, 0.3) is 0 Å². The van der Waals surface area contributed by atoms with Gasteiger partial charge in [-0.15, -0.1) is 0 Å². The third-order valence-electron chi connectivity index (χ3n) is 4.10. The maximum Gasteiger partial charge on any atom is 0.212 e. The molecule has 1 heterocycles. The maximum atomic E-state index is 12.4. The topological polar surface area (TPSA) is 41.2 Å². The lowest BCUT2D eigenvalue weighted by Gasteiger charge is -2.29. The first kappa shape index (κ1) is 13.8. The van der Waals surface area contributed by atoms with Gasteiger partial charge in [-0.05, 0) is 17.5 Å². The molecule has 0 unspecified atom stereocenters. The number of aryl methyl sites for hydroxylation is 1. The van der Waals surface area contributed by atoms with Crippen molar-refractivity contribution in [2.24, 2.45) is 12.5 Å². The number of allylic oxidation sites excluding steroid dienone is 2. The predicted molar refractivity (Wildman–Crippen MR) is 82.7 cm³/mol. The minimum absolute atomic E-state index is 0.0269. The molecule has 2 aromatic rings. The summed E-state index contributed by atoms with van der Waals surface area (Å²) in [6, 6.07) is 10.0. The highest BCUT2D eigenvalue weighted by molar-refractivity contribution is 6.22. The van der Waals surface area contributed by atoms with Crippen molar-refractivity contribution in [1.82, 2.24) is 0 Å². The van der Waals surface area contributed by atoms with Crippen LogP contribution in [0.3, 0.4) is 0 Å². The van der Waals surface area contributed by atoms with Crippen molar-refractivity contribution in [2.45, 2.75) is 26.7 Å². The Kier molecular flexibility index (Phi) is 3.08. The molecule has 1 aliphatic rings. The molecule has 1 aromatic carbocycles. The minimum atomic E-state index is -0.163. The van der Waals surface area contributed by atoms with E-state index in [1.807, 2.05) is 62.0 Å². The van der Waals surface area contributed by atoms with Crippen LogP contribution in [0.25, 0.3) is 16.5 Å². The number of para-hydroxylation sites is 1. The fraction of sp³-hybridized carbons (Fsp3) is 0.333. The number of carbonyl (C=O) groups is 1. The highest BCUT2D eigenvalue weighted by Crippen LogP contribution is 2.39. The van der Waals surface area contributed by atoms with Crippen LogP contribution in [-0.4, -0.2) is 10.9 Å². The first-order valence-corrected chi connectivity index (χ1v) is 7.21. The van der Waals surface area contributed by atoms with Crippen LogP contribution < -0.4 is 4.57 Å². The molecule has 0 saturated heterocycles. The number of nitrogens with zero attached hydrogens (tertiary/aromatic N) is 1. The van der Waals surface area contributed by atoms with Gasteiger partial charge in [-0.25, -0.2) is 4.57 Å². The van der Waals surface area contributed by atoms with Crippen LogP contribution in [0.2, 0.25) is 0 Å². The molecule has 3 heteroatoms. The number of Topliss-reactive ketones (excluding diaryl/α,β-unsaturated/α-hetero) is 1. The molecule has 3 rings (SSSR count). The molecule has 21 heavy (non-hydrogen) atoms. The third kappa shape index (κ3) is 2.44. The molecule has 0 spiro atoms. The first-order valence-electron chi connectivity index (χ1n) is 7.21. The van der Waals surface area contributed by atoms with Gasteiger partial charge in [-0.3, -0.25) is 4.79 Å². The zero-order valence-electron chi connectivity index (χ0n) is 12.7. The van der Waals surface area contributed by atoms with E-state index < -0.39 is 0 Å². The summed E-state index contributed by atoms with van der Waals surface area (Å²) in [5, 5.41) is 11.4. The van der Waals surface area contributed by atoms with Crippen molar-refractivity contribution in [3.8, 4) is 0 Å².